The fraction of sp³-hybridized carbons (Fsp3) is 0. The predicted molar refractivity (Wildman–Crippen MR) is 144 cm³/mol. The topological polar surface area (TPSA) is 0 Å². The number of rotatable bonds is 4. The van der Waals surface area contributed by atoms with Gasteiger partial charge in [0.25, 0.3) is 0 Å². The van der Waals surface area contributed by atoms with Gasteiger partial charge in [-0.1, -0.05) is 135 Å². The minimum Gasteiger partial charge on any atom is -0.0622 e. The zero-order valence-corrected chi connectivity index (χ0v) is 20.5. The lowest BCUT2D eigenvalue weighted by Gasteiger charge is -2.17. The van der Waals surface area contributed by atoms with Crippen molar-refractivity contribution in [2.75, 3.05) is 0 Å². The van der Waals surface area contributed by atoms with Crippen molar-refractivity contribution in [3.8, 4) is 44.5 Å². The van der Waals surface area contributed by atoms with Gasteiger partial charge in [0, 0.05) is 8.95 Å². The molecule has 0 radical (unpaired) electrons. The summed E-state index contributed by atoms with van der Waals surface area (Å²) in [6, 6.07) is 43.1. The summed E-state index contributed by atoms with van der Waals surface area (Å²) in [5, 5.41) is 0. The van der Waals surface area contributed by atoms with E-state index in [1.807, 2.05) is 0 Å². The lowest BCUT2D eigenvalue weighted by Crippen LogP contribution is -1.90. The molecular weight excluding hydrogens is 520 g/mol. The van der Waals surface area contributed by atoms with Crippen LogP contribution in [0.2, 0.25) is 0 Å². The molecule has 2 heteroatoms. The Morgan fingerprint density at radius 3 is 1.31 bits per heavy atom. The number of hydrogen-bond donors (Lipinski definition) is 0. The molecular formula is C30H20Br2. The Morgan fingerprint density at radius 1 is 0.344 bits per heavy atom. The Balaban J connectivity index is 1.68. The largest absolute Gasteiger partial charge is 0.0622 e. The Hall–Kier alpha value is -2.94. The maximum absolute atomic E-state index is 3.60. The number of benzene rings is 5. The highest BCUT2D eigenvalue weighted by atomic mass is 79.9. The third-order valence-corrected chi connectivity index (χ3v) is 6.52. The zero-order chi connectivity index (χ0) is 21.9. The Bertz CT molecular complexity index is 1280. The normalized spacial score (nSPS) is 10.8. The molecule has 0 aliphatic heterocycles. The van der Waals surface area contributed by atoms with Gasteiger partial charge in [-0.05, 0) is 62.7 Å². The highest BCUT2D eigenvalue weighted by Crippen LogP contribution is 2.40. The molecule has 5 aromatic rings. The molecule has 0 atom stereocenters. The quantitative estimate of drug-likeness (QED) is 0.213. The second kappa shape index (κ2) is 9.28. The summed E-state index contributed by atoms with van der Waals surface area (Å²) in [6.07, 6.45) is 0. The SMILES string of the molecule is Brc1cc(Br)cc(-c2ccc(-c3c(-c4ccccc4)cccc3-c3ccccc3)cc2)c1. The first-order valence-electron chi connectivity index (χ1n) is 10.5. The first-order chi connectivity index (χ1) is 15.7. The molecule has 0 saturated carbocycles. The smallest absolute Gasteiger partial charge is 0.0192 e. The van der Waals surface area contributed by atoms with Crippen LogP contribution in [0.3, 0.4) is 0 Å². The first kappa shape index (κ1) is 20.9. The van der Waals surface area contributed by atoms with Crippen LogP contribution in [0.15, 0.2) is 130 Å². The molecule has 0 heterocycles. The highest BCUT2D eigenvalue weighted by molar-refractivity contribution is 9.11. The second-order valence-electron chi connectivity index (χ2n) is 7.70. The van der Waals surface area contributed by atoms with Gasteiger partial charge in [0.05, 0.1) is 0 Å². The van der Waals surface area contributed by atoms with E-state index in [1.54, 1.807) is 0 Å². The fourth-order valence-corrected chi connectivity index (χ4v) is 5.42. The van der Waals surface area contributed by atoms with Crippen LogP contribution >= 0.6 is 31.9 Å². The van der Waals surface area contributed by atoms with Crippen molar-refractivity contribution in [2.45, 2.75) is 0 Å². The van der Waals surface area contributed by atoms with Gasteiger partial charge in [0.2, 0.25) is 0 Å². The summed E-state index contributed by atoms with van der Waals surface area (Å²) < 4.78 is 2.12. The van der Waals surface area contributed by atoms with E-state index in [9.17, 15) is 0 Å². The Morgan fingerprint density at radius 2 is 0.812 bits per heavy atom. The van der Waals surface area contributed by atoms with E-state index in [1.165, 1.54) is 44.5 Å². The average molecular weight is 540 g/mol. The van der Waals surface area contributed by atoms with Gasteiger partial charge < -0.3 is 0 Å². The molecule has 154 valence electrons. The van der Waals surface area contributed by atoms with Crippen LogP contribution in [0.4, 0.5) is 0 Å². The molecule has 5 aromatic carbocycles. The third kappa shape index (κ3) is 4.34. The van der Waals surface area contributed by atoms with E-state index in [-0.39, 0.29) is 0 Å². The highest BCUT2D eigenvalue weighted by Gasteiger charge is 2.14. The van der Waals surface area contributed by atoms with Gasteiger partial charge in [-0.25, -0.2) is 0 Å². The van der Waals surface area contributed by atoms with Crippen molar-refractivity contribution in [1.29, 1.82) is 0 Å². The predicted octanol–water partition coefficient (Wildman–Crippen LogP) is 9.88. The molecule has 0 saturated heterocycles. The summed E-state index contributed by atoms with van der Waals surface area (Å²) in [5.74, 6) is 0. The van der Waals surface area contributed by atoms with Crippen molar-refractivity contribution in [2.24, 2.45) is 0 Å². The van der Waals surface area contributed by atoms with Crippen LogP contribution in [0.5, 0.6) is 0 Å². The molecule has 5 rings (SSSR count). The van der Waals surface area contributed by atoms with E-state index in [4.69, 9.17) is 0 Å². The van der Waals surface area contributed by atoms with E-state index < -0.39 is 0 Å². The monoisotopic (exact) mass is 538 g/mol. The Kier molecular flexibility index (Phi) is 6.07. The van der Waals surface area contributed by atoms with Crippen LogP contribution < -0.4 is 0 Å². The van der Waals surface area contributed by atoms with E-state index in [0.717, 1.165) is 8.95 Å². The molecule has 0 N–H and O–H groups in total. The molecule has 0 amide bonds. The van der Waals surface area contributed by atoms with Crippen molar-refractivity contribution < 1.29 is 0 Å². The summed E-state index contributed by atoms with van der Waals surface area (Å²) in [7, 11) is 0. The van der Waals surface area contributed by atoms with Crippen LogP contribution in [-0.4, -0.2) is 0 Å². The summed E-state index contributed by atoms with van der Waals surface area (Å²) >= 11 is 7.20. The lowest BCUT2D eigenvalue weighted by atomic mass is 9.87. The Labute approximate surface area is 205 Å². The minimum atomic E-state index is 1.06. The molecule has 0 nitrogen and oxygen atoms in total. The fourth-order valence-electron chi connectivity index (χ4n) is 4.13. The number of hydrogen-bond acceptors (Lipinski definition) is 0. The molecule has 32 heavy (non-hydrogen) atoms. The van der Waals surface area contributed by atoms with E-state index in [0.29, 0.717) is 0 Å². The van der Waals surface area contributed by atoms with E-state index >= 15 is 0 Å². The zero-order valence-electron chi connectivity index (χ0n) is 17.3. The van der Waals surface area contributed by atoms with Gasteiger partial charge >= 0.3 is 0 Å². The van der Waals surface area contributed by atoms with Crippen LogP contribution in [0.1, 0.15) is 0 Å². The van der Waals surface area contributed by atoms with Gasteiger partial charge in [-0.2, -0.15) is 0 Å². The molecule has 0 bridgehead atoms. The molecule has 0 aliphatic carbocycles. The lowest BCUT2D eigenvalue weighted by molar-refractivity contribution is 1.54. The van der Waals surface area contributed by atoms with Crippen molar-refractivity contribution in [1.82, 2.24) is 0 Å². The van der Waals surface area contributed by atoms with Crippen LogP contribution in [0.25, 0.3) is 44.5 Å². The molecule has 0 aromatic heterocycles. The van der Waals surface area contributed by atoms with Crippen molar-refractivity contribution in [3.63, 3.8) is 0 Å². The maximum Gasteiger partial charge on any atom is 0.0192 e. The van der Waals surface area contributed by atoms with Crippen LogP contribution in [0, 0.1) is 0 Å². The maximum atomic E-state index is 3.60. The van der Waals surface area contributed by atoms with Gasteiger partial charge in [-0.3, -0.25) is 0 Å². The molecule has 0 spiro atoms. The standard InChI is InChI=1S/C30H20Br2/c31-26-18-25(19-27(32)20-26)21-14-16-24(17-15-21)30-28(22-8-3-1-4-9-22)12-7-13-29(30)23-10-5-2-6-11-23/h1-20H. The summed E-state index contributed by atoms with van der Waals surface area (Å²) in [4.78, 5) is 0. The van der Waals surface area contributed by atoms with Crippen LogP contribution in [-0.2, 0) is 0 Å². The van der Waals surface area contributed by atoms with Gasteiger partial charge in [-0.15, -0.1) is 0 Å². The third-order valence-electron chi connectivity index (χ3n) is 5.60. The van der Waals surface area contributed by atoms with E-state index in [2.05, 4.69) is 153 Å². The van der Waals surface area contributed by atoms with Gasteiger partial charge in [0.15, 0.2) is 0 Å². The molecule has 0 fully saturated rings. The molecule has 0 unspecified atom stereocenters. The summed E-state index contributed by atoms with van der Waals surface area (Å²) in [6.45, 7) is 0. The first-order valence-corrected chi connectivity index (χ1v) is 12.1. The minimum absolute atomic E-state index is 1.06. The second-order valence-corrected chi connectivity index (χ2v) is 9.53. The van der Waals surface area contributed by atoms with Crippen molar-refractivity contribution in [3.05, 3.63) is 130 Å². The van der Waals surface area contributed by atoms with Crippen molar-refractivity contribution >= 4 is 31.9 Å². The summed E-state index contributed by atoms with van der Waals surface area (Å²) in [5.41, 5.74) is 9.76. The number of halogens is 2. The van der Waals surface area contributed by atoms with Gasteiger partial charge in [0.1, 0.15) is 0 Å². The average Bonchev–Trinajstić information content (AvgIpc) is 2.84. The molecule has 0 aliphatic rings.